The number of aryl methyl sites for hydroxylation is 1. The van der Waals surface area contributed by atoms with E-state index in [4.69, 9.17) is 0 Å². The van der Waals surface area contributed by atoms with Crippen LogP contribution in [0.3, 0.4) is 0 Å². The summed E-state index contributed by atoms with van der Waals surface area (Å²) in [6.07, 6.45) is 3.43. The van der Waals surface area contributed by atoms with E-state index >= 15 is 0 Å². The third kappa shape index (κ3) is 4.78. The minimum Gasteiger partial charge on any atom is -0.508 e. The van der Waals surface area contributed by atoms with Crippen molar-refractivity contribution in [2.24, 2.45) is 5.41 Å². The molecule has 1 aromatic carbocycles. The molecule has 17 heavy (non-hydrogen) atoms. The quantitative estimate of drug-likeness (QED) is 0.820. The normalized spacial score (nSPS) is 13.6. The number of hydrogen-bond acceptors (Lipinski definition) is 2. The third-order valence-corrected chi connectivity index (χ3v) is 3.29. The summed E-state index contributed by atoms with van der Waals surface area (Å²) in [6.45, 7) is 6.82. The Balaban J connectivity index is 2.39. The second-order valence-electron chi connectivity index (χ2n) is 5.77. The van der Waals surface area contributed by atoms with Gasteiger partial charge in [-0.2, -0.15) is 0 Å². The second-order valence-corrected chi connectivity index (χ2v) is 5.77. The fourth-order valence-corrected chi connectivity index (χ4v) is 2.18. The van der Waals surface area contributed by atoms with E-state index in [0.29, 0.717) is 17.2 Å². The van der Waals surface area contributed by atoms with Crippen LogP contribution in [0.15, 0.2) is 24.3 Å². The average Bonchev–Trinajstić information content (AvgIpc) is 2.25. The van der Waals surface area contributed by atoms with Gasteiger partial charge in [0.2, 0.25) is 0 Å². The summed E-state index contributed by atoms with van der Waals surface area (Å²) in [5.41, 5.74) is 1.61. The van der Waals surface area contributed by atoms with Crippen LogP contribution in [0.25, 0.3) is 0 Å². The van der Waals surface area contributed by atoms with Gasteiger partial charge in [-0.05, 0) is 49.4 Å². The highest BCUT2D eigenvalue weighted by Gasteiger charge is 2.21. The van der Waals surface area contributed by atoms with Gasteiger partial charge in [0.1, 0.15) is 5.75 Å². The standard InChI is InChI=1S/C15H25NO/c1-15(2,3)14(16-4)7-5-6-12-8-10-13(17)11-9-12/h8-11,14,16-17H,5-7H2,1-4H3. The van der Waals surface area contributed by atoms with Crippen LogP contribution in [0.1, 0.15) is 39.2 Å². The lowest BCUT2D eigenvalue weighted by molar-refractivity contribution is 0.263. The molecule has 0 spiro atoms. The Morgan fingerprint density at radius 2 is 1.76 bits per heavy atom. The summed E-state index contributed by atoms with van der Waals surface area (Å²) in [7, 11) is 2.04. The number of phenolic OH excluding ortho intramolecular Hbond substituents is 1. The predicted octanol–water partition coefficient (Wildman–Crippen LogP) is 3.35. The molecule has 96 valence electrons. The molecule has 0 amide bonds. The molecule has 2 nitrogen and oxygen atoms in total. The summed E-state index contributed by atoms with van der Waals surface area (Å²) in [5, 5.41) is 12.6. The van der Waals surface area contributed by atoms with Crippen molar-refractivity contribution < 1.29 is 5.11 Å². The van der Waals surface area contributed by atoms with Crippen molar-refractivity contribution in [2.45, 2.75) is 46.1 Å². The maximum Gasteiger partial charge on any atom is 0.115 e. The minimum atomic E-state index is 0.309. The lowest BCUT2D eigenvalue weighted by Gasteiger charge is -2.30. The van der Waals surface area contributed by atoms with Crippen molar-refractivity contribution in [1.29, 1.82) is 0 Å². The Bertz CT molecular complexity index is 324. The monoisotopic (exact) mass is 235 g/mol. The Hall–Kier alpha value is -1.02. The predicted molar refractivity (Wildman–Crippen MR) is 73.3 cm³/mol. The zero-order chi connectivity index (χ0) is 12.9. The van der Waals surface area contributed by atoms with E-state index in [-0.39, 0.29) is 0 Å². The van der Waals surface area contributed by atoms with Gasteiger partial charge in [-0.25, -0.2) is 0 Å². The highest BCUT2D eigenvalue weighted by atomic mass is 16.3. The highest BCUT2D eigenvalue weighted by Crippen LogP contribution is 2.23. The summed E-state index contributed by atoms with van der Waals surface area (Å²) in [6, 6.07) is 8.07. The van der Waals surface area contributed by atoms with Gasteiger partial charge in [-0.1, -0.05) is 32.9 Å². The molecule has 1 rings (SSSR count). The number of nitrogens with one attached hydrogen (secondary N) is 1. The van der Waals surface area contributed by atoms with Crippen LogP contribution in [0.4, 0.5) is 0 Å². The molecular formula is C15H25NO. The van der Waals surface area contributed by atoms with Crippen LogP contribution in [0.2, 0.25) is 0 Å². The number of phenols is 1. The van der Waals surface area contributed by atoms with Gasteiger partial charge in [0, 0.05) is 6.04 Å². The summed E-state index contributed by atoms with van der Waals surface area (Å²) in [5.74, 6) is 0.344. The van der Waals surface area contributed by atoms with Crippen LogP contribution in [0.5, 0.6) is 5.75 Å². The fraction of sp³-hybridized carbons (Fsp3) is 0.600. The van der Waals surface area contributed by atoms with Gasteiger partial charge in [0.05, 0.1) is 0 Å². The zero-order valence-electron chi connectivity index (χ0n) is 11.5. The molecule has 0 aromatic heterocycles. The summed E-state index contributed by atoms with van der Waals surface area (Å²) in [4.78, 5) is 0. The number of benzene rings is 1. The summed E-state index contributed by atoms with van der Waals surface area (Å²) >= 11 is 0. The molecule has 2 heteroatoms. The van der Waals surface area contributed by atoms with E-state index < -0.39 is 0 Å². The SMILES string of the molecule is CNC(CCCc1ccc(O)cc1)C(C)(C)C. The molecule has 0 bridgehead atoms. The maximum atomic E-state index is 9.21. The van der Waals surface area contributed by atoms with Gasteiger partial charge in [0.15, 0.2) is 0 Å². The fourth-order valence-electron chi connectivity index (χ4n) is 2.18. The van der Waals surface area contributed by atoms with Gasteiger partial charge in [-0.3, -0.25) is 0 Å². The lowest BCUT2D eigenvalue weighted by Crippen LogP contribution is -2.37. The molecule has 0 fully saturated rings. The number of aromatic hydroxyl groups is 1. The van der Waals surface area contributed by atoms with Crippen molar-refractivity contribution in [3.63, 3.8) is 0 Å². The van der Waals surface area contributed by atoms with E-state index in [1.54, 1.807) is 12.1 Å². The molecule has 2 N–H and O–H groups in total. The Labute approximate surface area is 105 Å². The molecule has 0 aliphatic rings. The first-order valence-corrected chi connectivity index (χ1v) is 6.38. The first-order valence-electron chi connectivity index (χ1n) is 6.38. The summed E-state index contributed by atoms with van der Waals surface area (Å²) < 4.78 is 0. The first kappa shape index (κ1) is 14.0. The van der Waals surface area contributed by atoms with Crippen LogP contribution in [0, 0.1) is 5.41 Å². The molecule has 0 aliphatic carbocycles. The van der Waals surface area contributed by atoms with Crippen molar-refractivity contribution in [3.05, 3.63) is 29.8 Å². The van der Waals surface area contributed by atoms with Crippen LogP contribution in [-0.2, 0) is 6.42 Å². The van der Waals surface area contributed by atoms with Crippen LogP contribution in [-0.4, -0.2) is 18.2 Å². The second kappa shape index (κ2) is 6.06. The zero-order valence-corrected chi connectivity index (χ0v) is 11.5. The Morgan fingerprint density at radius 3 is 2.24 bits per heavy atom. The molecule has 0 aliphatic heterocycles. The average molecular weight is 235 g/mol. The molecule has 0 saturated carbocycles. The van der Waals surface area contributed by atoms with E-state index in [9.17, 15) is 5.11 Å². The Morgan fingerprint density at radius 1 is 1.18 bits per heavy atom. The van der Waals surface area contributed by atoms with Gasteiger partial charge >= 0.3 is 0 Å². The molecule has 0 saturated heterocycles. The lowest BCUT2D eigenvalue weighted by atomic mass is 9.83. The van der Waals surface area contributed by atoms with Gasteiger partial charge in [0.25, 0.3) is 0 Å². The molecule has 1 atom stereocenters. The Kier molecular flexibility index (Phi) is 5.01. The molecular weight excluding hydrogens is 210 g/mol. The first-order chi connectivity index (χ1) is 7.93. The van der Waals surface area contributed by atoms with E-state index in [1.165, 1.54) is 18.4 Å². The van der Waals surface area contributed by atoms with E-state index in [1.807, 2.05) is 19.2 Å². The van der Waals surface area contributed by atoms with E-state index in [0.717, 1.165) is 6.42 Å². The molecule has 0 radical (unpaired) electrons. The van der Waals surface area contributed by atoms with Crippen molar-refractivity contribution in [2.75, 3.05) is 7.05 Å². The smallest absolute Gasteiger partial charge is 0.115 e. The molecule has 0 heterocycles. The van der Waals surface area contributed by atoms with Crippen molar-refractivity contribution >= 4 is 0 Å². The number of hydrogen-bond donors (Lipinski definition) is 2. The van der Waals surface area contributed by atoms with Crippen molar-refractivity contribution in [3.8, 4) is 5.75 Å². The largest absolute Gasteiger partial charge is 0.508 e. The van der Waals surface area contributed by atoms with Crippen LogP contribution < -0.4 is 5.32 Å². The topological polar surface area (TPSA) is 32.3 Å². The third-order valence-electron chi connectivity index (χ3n) is 3.29. The van der Waals surface area contributed by atoms with Gasteiger partial charge in [-0.15, -0.1) is 0 Å². The number of rotatable bonds is 5. The van der Waals surface area contributed by atoms with E-state index in [2.05, 4.69) is 26.1 Å². The van der Waals surface area contributed by atoms with Gasteiger partial charge < -0.3 is 10.4 Å². The van der Waals surface area contributed by atoms with Crippen LogP contribution >= 0.6 is 0 Å². The van der Waals surface area contributed by atoms with Crippen molar-refractivity contribution in [1.82, 2.24) is 5.32 Å². The highest BCUT2D eigenvalue weighted by molar-refractivity contribution is 5.25. The minimum absolute atomic E-state index is 0.309. The molecule has 1 unspecified atom stereocenters. The molecule has 1 aromatic rings. The maximum absolute atomic E-state index is 9.21.